The van der Waals surface area contributed by atoms with Crippen LogP contribution in [0.5, 0.6) is 0 Å². The monoisotopic (exact) mass is 279 g/mol. The van der Waals surface area contributed by atoms with Crippen molar-refractivity contribution in [3.05, 3.63) is 33.9 Å². The predicted octanol–water partition coefficient (Wildman–Crippen LogP) is 0.901. The number of nitrogens with two attached hydrogens (primary N) is 1. The average Bonchev–Trinajstić information content (AvgIpc) is 2.41. The van der Waals surface area contributed by atoms with Crippen LogP contribution in [0.15, 0.2) is 18.2 Å². The van der Waals surface area contributed by atoms with Crippen LogP contribution in [-0.2, 0) is 0 Å². The SMILES string of the molecule is CC1CCN(c2ccc(C(N)=O)cc2[N+](=O)[O-])CC1O. The third kappa shape index (κ3) is 2.72. The summed E-state index contributed by atoms with van der Waals surface area (Å²) in [6.45, 7) is 2.93. The van der Waals surface area contributed by atoms with Crippen LogP contribution in [-0.4, -0.2) is 35.1 Å². The number of nitrogens with zero attached hydrogens (tertiary/aromatic N) is 2. The van der Waals surface area contributed by atoms with Crippen LogP contribution >= 0.6 is 0 Å². The maximum atomic E-state index is 11.1. The van der Waals surface area contributed by atoms with Crippen molar-refractivity contribution in [1.82, 2.24) is 0 Å². The molecule has 0 bridgehead atoms. The number of piperidine rings is 1. The van der Waals surface area contributed by atoms with Gasteiger partial charge in [-0.3, -0.25) is 14.9 Å². The molecule has 3 N–H and O–H groups in total. The van der Waals surface area contributed by atoms with Gasteiger partial charge < -0.3 is 15.7 Å². The maximum absolute atomic E-state index is 11.1. The Morgan fingerprint density at radius 1 is 1.55 bits per heavy atom. The van der Waals surface area contributed by atoms with Crippen molar-refractivity contribution < 1.29 is 14.8 Å². The number of carbonyl (C=O) groups excluding carboxylic acids is 1. The molecule has 1 heterocycles. The predicted molar refractivity (Wildman–Crippen MR) is 73.6 cm³/mol. The van der Waals surface area contributed by atoms with E-state index in [1.807, 2.05) is 6.92 Å². The van der Waals surface area contributed by atoms with E-state index in [1.54, 1.807) is 4.90 Å². The van der Waals surface area contributed by atoms with Gasteiger partial charge >= 0.3 is 0 Å². The van der Waals surface area contributed by atoms with Gasteiger partial charge in [0.05, 0.1) is 11.0 Å². The Hall–Kier alpha value is -2.15. The van der Waals surface area contributed by atoms with E-state index in [1.165, 1.54) is 18.2 Å². The number of hydrogen-bond donors (Lipinski definition) is 2. The van der Waals surface area contributed by atoms with Crippen molar-refractivity contribution in [2.24, 2.45) is 11.7 Å². The number of rotatable bonds is 3. The van der Waals surface area contributed by atoms with Gasteiger partial charge in [0.25, 0.3) is 5.69 Å². The van der Waals surface area contributed by atoms with E-state index in [0.717, 1.165) is 6.42 Å². The lowest BCUT2D eigenvalue weighted by atomic mass is 9.95. The molecule has 1 aromatic carbocycles. The number of carbonyl (C=O) groups is 1. The molecular formula is C13H17N3O4. The molecule has 1 aromatic rings. The third-order valence-electron chi connectivity index (χ3n) is 3.72. The molecule has 1 aliphatic rings. The highest BCUT2D eigenvalue weighted by atomic mass is 16.6. The summed E-state index contributed by atoms with van der Waals surface area (Å²) < 4.78 is 0. The molecule has 0 aromatic heterocycles. The van der Waals surface area contributed by atoms with Crippen LogP contribution in [0.4, 0.5) is 11.4 Å². The first-order valence-electron chi connectivity index (χ1n) is 6.41. The molecule has 2 rings (SSSR count). The molecular weight excluding hydrogens is 262 g/mol. The van der Waals surface area contributed by atoms with Gasteiger partial charge in [-0.2, -0.15) is 0 Å². The summed E-state index contributed by atoms with van der Waals surface area (Å²) in [7, 11) is 0. The van der Waals surface area contributed by atoms with Crippen molar-refractivity contribution in [3.63, 3.8) is 0 Å². The first kappa shape index (κ1) is 14.3. The van der Waals surface area contributed by atoms with Crippen LogP contribution in [0.25, 0.3) is 0 Å². The van der Waals surface area contributed by atoms with Gasteiger partial charge in [0, 0.05) is 24.7 Å². The number of β-amino-alcohol motifs (C(OH)–C–C–N with tert-alkyl or cyclic N) is 1. The zero-order chi connectivity index (χ0) is 14.9. The third-order valence-corrected chi connectivity index (χ3v) is 3.72. The second-order valence-electron chi connectivity index (χ2n) is 5.10. The zero-order valence-electron chi connectivity index (χ0n) is 11.2. The van der Waals surface area contributed by atoms with Crippen molar-refractivity contribution in [1.29, 1.82) is 0 Å². The molecule has 108 valence electrons. The molecule has 1 amide bonds. The number of anilines is 1. The quantitative estimate of drug-likeness (QED) is 0.631. The van der Waals surface area contributed by atoms with Crippen LogP contribution < -0.4 is 10.6 Å². The Labute approximate surface area is 116 Å². The van der Waals surface area contributed by atoms with E-state index >= 15 is 0 Å². The van der Waals surface area contributed by atoms with Crippen LogP contribution in [0.3, 0.4) is 0 Å². The van der Waals surface area contributed by atoms with E-state index in [9.17, 15) is 20.0 Å². The van der Waals surface area contributed by atoms with Crippen molar-refractivity contribution in [2.75, 3.05) is 18.0 Å². The molecule has 7 heteroatoms. The lowest BCUT2D eigenvalue weighted by Gasteiger charge is -2.35. The normalized spacial score (nSPS) is 22.6. The number of amides is 1. The summed E-state index contributed by atoms with van der Waals surface area (Å²) in [6.07, 6.45) is 0.245. The molecule has 0 spiro atoms. The number of aliphatic hydroxyl groups excluding tert-OH is 1. The summed E-state index contributed by atoms with van der Waals surface area (Å²) in [6, 6.07) is 4.16. The minimum absolute atomic E-state index is 0.103. The summed E-state index contributed by atoms with van der Waals surface area (Å²) in [5.74, 6) is -0.526. The standard InChI is InChI=1S/C13H17N3O4/c1-8-4-5-15(7-12(8)17)10-3-2-9(13(14)18)6-11(10)16(19)20/h2-3,6,8,12,17H,4-5,7H2,1H3,(H2,14,18). The minimum Gasteiger partial charge on any atom is -0.391 e. The van der Waals surface area contributed by atoms with Gasteiger partial charge in [0.1, 0.15) is 5.69 Å². The van der Waals surface area contributed by atoms with Crippen molar-refractivity contribution in [2.45, 2.75) is 19.4 Å². The lowest BCUT2D eigenvalue weighted by molar-refractivity contribution is -0.384. The Morgan fingerprint density at radius 3 is 2.80 bits per heavy atom. The highest BCUT2D eigenvalue weighted by Crippen LogP contribution is 2.32. The highest BCUT2D eigenvalue weighted by molar-refractivity contribution is 5.94. The highest BCUT2D eigenvalue weighted by Gasteiger charge is 2.28. The Balaban J connectivity index is 2.36. The van der Waals surface area contributed by atoms with E-state index < -0.39 is 16.9 Å². The van der Waals surface area contributed by atoms with E-state index in [4.69, 9.17) is 5.73 Å². The topological polar surface area (TPSA) is 110 Å². The van der Waals surface area contributed by atoms with Crippen LogP contribution in [0, 0.1) is 16.0 Å². The number of primary amides is 1. The zero-order valence-corrected chi connectivity index (χ0v) is 11.2. The van der Waals surface area contributed by atoms with E-state index in [0.29, 0.717) is 18.8 Å². The van der Waals surface area contributed by atoms with Crippen LogP contribution in [0.1, 0.15) is 23.7 Å². The van der Waals surface area contributed by atoms with E-state index in [-0.39, 0.29) is 17.2 Å². The summed E-state index contributed by atoms with van der Waals surface area (Å²) >= 11 is 0. The second kappa shape index (κ2) is 5.46. The van der Waals surface area contributed by atoms with Crippen molar-refractivity contribution >= 4 is 17.3 Å². The fourth-order valence-corrected chi connectivity index (χ4v) is 2.36. The number of benzene rings is 1. The summed E-state index contributed by atoms with van der Waals surface area (Å²) in [5, 5.41) is 21.0. The van der Waals surface area contributed by atoms with Gasteiger partial charge in [-0.05, 0) is 24.5 Å². The molecule has 1 aliphatic heterocycles. The molecule has 20 heavy (non-hydrogen) atoms. The Kier molecular flexibility index (Phi) is 3.89. The largest absolute Gasteiger partial charge is 0.391 e. The Bertz CT molecular complexity index is 546. The summed E-state index contributed by atoms with van der Waals surface area (Å²) in [4.78, 5) is 23.5. The van der Waals surface area contributed by atoms with Gasteiger partial charge in [0.2, 0.25) is 5.91 Å². The smallest absolute Gasteiger partial charge is 0.293 e. The fraction of sp³-hybridized carbons (Fsp3) is 0.462. The number of nitro benzene ring substituents is 1. The molecule has 7 nitrogen and oxygen atoms in total. The molecule has 1 saturated heterocycles. The summed E-state index contributed by atoms with van der Waals surface area (Å²) in [5.41, 5.74) is 5.48. The van der Waals surface area contributed by atoms with Crippen molar-refractivity contribution in [3.8, 4) is 0 Å². The minimum atomic E-state index is -0.702. The number of aliphatic hydroxyl groups is 1. The first-order valence-corrected chi connectivity index (χ1v) is 6.41. The molecule has 2 unspecified atom stereocenters. The molecule has 0 saturated carbocycles. The van der Waals surface area contributed by atoms with Gasteiger partial charge in [-0.15, -0.1) is 0 Å². The lowest BCUT2D eigenvalue weighted by Crippen LogP contribution is -2.43. The van der Waals surface area contributed by atoms with Gasteiger partial charge in [-0.1, -0.05) is 6.92 Å². The second-order valence-corrected chi connectivity index (χ2v) is 5.10. The fourth-order valence-electron chi connectivity index (χ4n) is 2.36. The molecule has 2 atom stereocenters. The molecule has 0 radical (unpaired) electrons. The van der Waals surface area contributed by atoms with Crippen LogP contribution in [0.2, 0.25) is 0 Å². The maximum Gasteiger partial charge on any atom is 0.293 e. The number of hydrogen-bond acceptors (Lipinski definition) is 5. The van der Waals surface area contributed by atoms with Gasteiger partial charge in [0.15, 0.2) is 0 Å². The molecule has 0 aliphatic carbocycles. The first-order chi connectivity index (χ1) is 9.40. The average molecular weight is 279 g/mol. The van der Waals surface area contributed by atoms with E-state index in [2.05, 4.69) is 0 Å². The Morgan fingerprint density at radius 2 is 2.25 bits per heavy atom. The molecule has 1 fully saturated rings. The number of nitro groups is 1. The van der Waals surface area contributed by atoms with Gasteiger partial charge in [-0.25, -0.2) is 0 Å².